The number of hydrazone groups is 1. The molecule has 6 nitrogen and oxygen atoms in total. The third-order valence-electron chi connectivity index (χ3n) is 4.30. The van der Waals surface area contributed by atoms with E-state index in [4.69, 9.17) is 0 Å². The number of anilines is 3. The molecule has 26 heavy (non-hydrogen) atoms. The number of para-hydroxylation sites is 3. The number of benzene rings is 2. The summed E-state index contributed by atoms with van der Waals surface area (Å²) in [6.45, 7) is 1.53. The number of hydrogen-bond acceptors (Lipinski definition) is 5. The molecule has 1 aliphatic heterocycles. The highest BCUT2D eigenvalue weighted by Crippen LogP contribution is 2.27. The lowest BCUT2D eigenvalue weighted by Gasteiger charge is -2.20. The first-order valence-electron chi connectivity index (χ1n) is 8.47. The van der Waals surface area contributed by atoms with Gasteiger partial charge in [-0.3, -0.25) is 14.6 Å². The maximum Gasteiger partial charge on any atom is 0.272 e. The third kappa shape index (κ3) is 3.59. The van der Waals surface area contributed by atoms with Crippen LogP contribution in [0, 0.1) is 0 Å². The molecule has 0 aliphatic carbocycles. The van der Waals surface area contributed by atoms with Gasteiger partial charge in [0.2, 0.25) is 0 Å². The number of ketones is 1. The number of nitrogens with zero attached hydrogens (tertiary/aromatic N) is 3. The van der Waals surface area contributed by atoms with Crippen LogP contribution in [0.5, 0.6) is 0 Å². The number of amides is 1. The lowest BCUT2D eigenvalue weighted by Crippen LogP contribution is -2.33. The Morgan fingerprint density at radius 1 is 1.08 bits per heavy atom. The third-order valence-corrected chi connectivity index (χ3v) is 4.30. The quantitative estimate of drug-likeness (QED) is 0.900. The van der Waals surface area contributed by atoms with E-state index >= 15 is 0 Å². The maximum absolute atomic E-state index is 12.7. The molecular formula is C20H22N4O2. The van der Waals surface area contributed by atoms with Gasteiger partial charge in [-0.05, 0) is 31.2 Å². The van der Waals surface area contributed by atoms with Gasteiger partial charge in [0.05, 0.1) is 17.1 Å². The smallest absolute Gasteiger partial charge is 0.272 e. The van der Waals surface area contributed by atoms with Crippen molar-refractivity contribution >= 4 is 34.5 Å². The molecule has 1 N–H and O–H groups in total. The van der Waals surface area contributed by atoms with Gasteiger partial charge in [-0.15, -0.1) is 0 Å². The second-order valence-corrected chi connectivity index (χ2v) is 6.42. The fourth-order valence-corrected chi connectivity index (χ4v) is 2.95. The van der Waals surface area contributed by atoms with Gasteiger partial charge >= 0.3 is 0 Å². The topological polar surface area (TPSA) is 65.0 Å². The van der Waals surface area contributed by atoms with Crippen molar-refractivity contribution in [3.63, 3.8) is 0 Å². The standard InChI is InChI=1S/C20H22N4O2/c1-14(25)19-13-17(22-24(19)15-9-5-4-6-10-15)20(26)21-16-11-7-8-12-18(16)23(2)3/h4-12,19H,13H2,1-3H3,(H,21,26). The molecule has 0 aromatic heterocycles. The summed E-state index contributed by atoms with van der Waals surface area (Å²) in [7, 11) is 3.84. The summed E-state index contributed by atoms with van der Waals surface area (Å²) < 4.78 is 0. The van der Waals surface area contributed by atoms with Gasteiger partial charge in [0, 0.05) is 20.5 Å². The molecule has 0 saturated heterocycles. The molecule has 1 atom stereocenters. The second-order valence-electron chi connectivity index (χ2n) is 6.42. The van der Waals surface area contributed by atoms with Crippen molar-refractivity contribution in [2.75, 3.05) is 29.3 Å². The summed E-state index contributed by atoms with van der Waals surface area (Å²) in [4.78, 5) is 26.7. The number of hydrogen-bond donors (Lipinski definition) is 1. The average Bonchev–Trinajstić information content (AvgIpc) is 3.08. The molecule has 134 valence electrons. The fourth-order valence-electron chi connectivity index (χ4n) is 2.95. The van der Waals surface area contributed by atoms with Crippen LogP contribution in [-0.2, 0) is 9.59 Å². The molecule has 0 spiro atoms. The molecule has 2 aromatic carbocycles. The largest absolute Gasteiger partial charge is 0.376 e. The van der Waals surface area contributed by atoms with Crippen LogP contribution in [0.2, 0.25) is 0 Å². The van der Waals surface area contributed by atoms with E-state index in [0.29, 0.717) is 17.8 Å². The minimum Gasteiger partial charge on any atom is -0.376 e. The van der Waals surface area contributed by atoms with E-state index in [9.17, 15) is 9.59 Å². The van der Waals surface area contributed by atoms with Crippen LogP contribution in [-0.4, -0.2) is 37.5 Å². The van der Waals surface area contributed by atoms with Crippen molar-refractivity contribution in [2.24, 2.45) is 5.10 Å². The second kappa shape index (κ2) is 7.39. The lowest BCUT2D eigenvalue weighted by atomic mass is 10.1. The van der Waals surface area contributed by atoms with Crippen LogP contribution in [0.1, 0.15) is 13.3 Å². The van der Waals surface area contributed by atoms with Crippen molar-refractivity contribution < 1.29 is 9.59 Å². The Balaban J connectivity index is 1.85. The lowest BCUT2D eigenvalue weighted by molar-refractivity contribution is -0.118. The van der Waals surface area contributed by atoms with Crippen molar-refractivity contribution in [2.45, 2.75) is 19.4 Å². The molecule has 1 unspecified atom stereocenters. The van der Waals surface area contributed by atoms with Crippen LogP contribution in [0.4, 0.5) is 17.1 Å². The van der Waals surface area contributed by atoms with Gasteiger partial charge in [-0.1, -0.05) is 30.3 Å². The summed E-state index contributed by atoms with van der Waals surface area (Å²) in [6, 6.07) is 16.5. The SMILES string of the molecule is CC(=O)C1CC(C(=O)Nc2ccccc2N(C)C)=NN1c1ccccc1. The molecule has 0 fully saturated rings. The Labute approximate surface area is 153 Å². The summed E-state index contributed by atoms with van der Waals surface area (Å²) in [5.74, 6) is -0.307. The molecule has 2 aromatic rings. The maximum atomic E-state index is 12.7. The summed E-state index contributed by atoms with van der Waals surface area (Å²) in [5.41, 5.74) is 2.76. The van der Waals surface area contributed by atoms with Crippen molar-refractivity contribution in [1.82, 2.24) is 0 Å². The van der Waals surface area contributed by atoms with E-state index in [-0.39, 0.29) is 11.7 Å². The van der Waals surface area contributed by atoms with Gasteiger partial charge in [0.25, 0.3) is 5.91 Å². The van der Waals surface area contributed by atoms with E-state index in [1.165, 1.54) is 6.92 Å². The van der Waals surface area contributed by atoms with Gasteiger partial charge < -0.3 is 10.2 Å². The van der Waals surface area contributed by atoms with Crippen LogP contribution >= 0.6 is 0 Å². The summed E-state index contributed by atoms with van der Waals surface area (Å²) in [6.07, 6.45) is 0.292. The first kappa shape index (κ1) is 17.7. The minimum atomic E-state index is -0.456. The van der Waals surface area contributed by atoms with Crippen LogP contribution in [0.3, 0.4) is 0 Å². The van der Waals surface area contributed by atoms with E-state index in [0.717, 1.165) is 11.4 Å². The molecule has 0 radical (unpaired) electrons. The normalized spacial score (nSPS) is 16.2. The minimum absolute atomic E-state index is 0.0194. The van der Waals surface area contributed by atoms with Crippen molar-refractivity contribution in [3.05, 3.63) is 54.6 Å². The predicted molar refractivity (Wildman–Crippen MR) is 105 cm³/mol. The first-order chi connectivity index (χ1) is 12.5. The molecule has 6 heteroatoms. The van der Waals surface area contributed by atoms with Crippen LogP contribution in [0.15, 0.2) is 59.7 Å². The number of carbonyl (C=O) groups excluding carboxylic acids is 2. The van der Waals surface area contributed by atoms with Crippen molar-refractivity contribution in [1.29, 1.82) is 0 Å². The Bertz CT molecular complexity index is 846. The first-order valence-corrected chi connectivity index (χ1v) is 8.47. The Hall–Kier alpha value is -3.15. The monoisotopic (exact) mass is 350 g/mol. The molecule has 0 saturated carbocycles. The van der Waals surface area contributed by atoms with E-state index in [1.807, 2.05) is 73.6 Å². The zero-order valence-electron chi connectivity index (χ0n) is 15.1. The number of nitrogens with one attached hydrogen (secondary N) is 1. The molecule has 1 aliphatic rings. The van der Waals surface area contributed by atoms with E-state index in [2.05, 4.69) is 10.4 Å². The number of Topliss-reactive ketones (excluding diaryl/α,β-unsaturated/α-hetero) is 1. The van der Waals surface area contributed by atoms with Gasteiger partial charge in [0.15, 0.2) is 5.78 Å². The highest BCUT2D eigenvalue weighted by atomic mass is 16.2. The van der Waals surface area contributed by atoms with Gasteiger partial charge in [-0.25, -0.2) is 0 Å². The zero-order valence-corrected chi connectivity index (χ0v) is 15.1. The van der Waals surface area contributed by atoms with Gasteiger partial charge in [-0.2, -0.15) is 5.10 Å². The molecular weight excluding hydrogens is 328 g/mol. The highest BCUT2D eigenvalue weighted by molar-refractivity contribution is 6.44. The molecule has 1 heterocycles. The average molecular weight is 350 g/mol. The molecule has 3 rings (SSSR count). The Kier molecular flexibility index (Phi) is 5.02. The van der Waals surface area contributed by atoms with Gasteiger partial charge in [0.1, 0.15) is 11.8 Å². The number of carbonyl (C=O) groups is 2. The fraction of sp³-hybridized carbons (Fsp3) is 0.250. The van der Waals surface area contributed by atoms with E-state index in [1.54, 1.807) is 5.01 Å². The summed E-state index contributed by atoms with van der Waals surface area (Å²) in [5, 5.41) is 8.99. The van der Waals surface area contributed by atoms with E-state index < -0.39 is 6.04 Å². The van der Waals surface area contributed by atoms with Crippen molar-refractivity contribution in [3.8, 4) is 0 Å². The van der Waals surface area contributed by atoms with Crippen LogP contribution in [0.25, 0.3) is 0 Å². The Morgan fingerprint density at radius 3 is 2.38 bits per heavy atom. The Morgan fingerprint density at radius 2 is 1.73 bits per heavy atom. The number of rotatable bonds is 5. The summed E-state index contributed by atoms with van der Waals surface area (Å²) >= 11 is 0. The molecule has 0 bridgehead atoms. The van der Waals surface area contributed by atoms with Crippen LogP contribution < -0.4 is 15.2 Å². The highest BCUT2D eigenvalue weighted by Gasteiger charge is 2.34. The zero-order chi connectivity index (χ0) is 18.7. The predicted octanol–water partition coefficient (Wildman–Crippen LogP) is 2.92. The molecule has 1 amide bonds.